The summed E-state index contributed by atoms with van der Waals surface area (Å²) >= 11 is 0. The summed E-state index contributed by atoms with van der Waals surface area (Å²) in [5.74, 6) is 2.60. The van der Waals surface area contributed by atoms with Gasteiger partial charge in [-0.2, -0.15) is 0 Å². The molecule has 0 radical (unpaired) electrons. The number of carbonyl (C=O) groups excluding carboxylic acids is 3. The van der Waals surface area contributed by atoms with Crippen molar-refractivity contribution in [1.82, 2.24) is 0 Å². The van der Waals surface area contributed by atoms with Crippen LogP contribution in [0, 0.1) is 11.8 Å². The summed E-state index contributed by atoms with van der Waals surface area (Å²) < 4.78 is 9.10. The molecule has 0 saturated heterocycles. The third-order valence-corrected chi connectivity index (χ3v) is 2.25. The summed E-state index contributed by atoms with van der Waals surface area (Å²) in [7, 11) is 0. The summed E-state index contributed by atoms with van der Waals surface area (Å²) in [4.78, 5) is 33.8. The van der Waals surface area contributed by atoms with E-state index < -0.39 is 17.9 Å². The maximum absolute atomic E-state index is 11.4. The maximum atomic E-state index is 11.4. The average molecular weight is 244 g/mol. The number of cyclic esters (lactones) is 2. The number of hydrogen-bond acceptors (Lipinski definition) is 5. The first-order valence-corrected chi connectivity index (χ1v) is 5.21. The molecule has 2 rings (SSSR count). The van der Waals surface area contributed by atoms with Crippen molar-refractivity contribution in [2.75, 3.05) is 6.61 Å². The predicted octanol–water partition coefficient (Wildman–Crippen LogP) is 0.912. The van der Waals surface area contributed by atoms with Gasteiger partial charge in [0.15, 0.2) is 0 Å². The van der Waals surface area contributed by atoms with Crippen LogP contribution in [0.4, 0.5) is 0 Å². The molecule has 0 spiro atoms. The molecule has 1 aromatic carbocycles. The quantitative estimate of drug-likeness (QED) is 0.417. The highest BCUT2D eigenvalue weighted by molar-refractivity contribution is 6.16. The summed E-state index contributed by atoms with van der Waals surface area (Å²) in [6, 6.07) is 4.57. The van der Waals surface area contributed by atoms with Crippen molar-refractivity contribution in [2.45, 2.75) is 6.92 Å². The second-order valence-corrected chi connectivity index (χ2v) is 3.38. The minimum absolute atomic E-state index is 0.0966. The van der Waals surface area contributed by atoms with Gasteiger partial charge in [-0.25, -0.2) is 14.4 Å². The van der Waals surface area contributed by atoms with E-state index in [0.717, 1.165) is 0 Å². The van der Waals surface area contributed by atoms with Crippen molar-refractivity contribution >= 4 is 17.9 Å². The van der Waals surface area contributed by atoms with Crippen LogP contribution in [0.1, 0.15) is 33.2 Å². The number of carbonyl (C=O) groups is 3. The largest absolute Gasteiger partial charge is 0.456 e. The molecule has 0 N–H and O–H groups in total. The van der Waals surface area contributed by atoms with E-state index in [1.54, 1.807) is 13.0 Å². The molecule has 1 aliphatic rings. The minimum atomic E-state index is -0.747. The van der Waals surface area contributed by atoms with Crippen LogP contribution >= 0.6 is 0 Å². The molecule has 5 nitrogen and oxygen atoms in total. The molecule has 5 heteroatoms. The Morgan fingerprint density at radius 2 is 2.11 bits per heavy atom. The highest BCUT2D eigenvalue weighted by atomic mass is 16.6. The van der Waals surface area contributed by atoms with Gasteiger partial charge in [-0.3, -0.25) is 0 Å². The lowest BCUT2D eigenvalue weighted by Gasteiger charge is -1.95. The highest BCUT2D eigenvalue weighted by Crippen LogP contribution is 2.22. The zero-order chi connectivity index (χ0) is 13.1. The molecule has 90 valence electrons. The topological polar surface area (TPSA) is 69.7 Å². The minimum Gasteiger partial charge on any atom is -0.456 e. The van der Waals surface area contributed by atoms with Gasteiger partial charge >= 0.3 is 17.9 Å². The Hall–Kier alpha value is -2.61. The second kappa shape index (κ2) is 4.72. The van der Waals surface area contributed by atoms with Crippen molar-refractivity contribution in [1.29, 1.82) is 0 Å². The van der Waals surface area contributed by atoms with E-state index in [2.05, 4.69) is 21.3 Å². The van der Waals surface area contributed by atoms with E-state index in [4.69, 9.17) is 0 Å². The Balaban J connectivity index is 2.40. The van der Waals surface area contributed by atoms with E-state index >= 15 is 0 Å². The Morgan fingerprint density at radius 3 is 2.83 bits per heavy atom. The molecule has 0 aliphatic carbocycles. The summed E-state index contributed by atoms with van der Waals surface area (Å²) in [6.45, 7) is 1.89. The number of rotatable bonds is 1. The Labute approximate surface area is 103 Å². The number of esters is 3. The average Bonchev–Trinajstić information content (AvgIpc) is 2.64. The van der Waals surface area contributed by atoms with Gasteiger partial charge in [0, 0.05) is 11.5 Å². The molecule has 0 unspecified atom stereocenters. The standard InChI is InChI=1S/C13H8O5/c1-2-17-10(14)7-6-8-4-3-5-9-11(8)13(16)18-12(9)15/h3-5H,2H2,1H3. The van der Waals surface area contributed by atoms with E-state index in [0.29, 0.717) is 0 Å². The molecule has 0 fully saturated rings. The summed E-state index contributed by atoms with van der Waals surface area (Å²) in [5.41, 5.74) is 0.534. The smallest absolute Gasteiger partial charge is 0.384 e. The third-order valence-electron chi connectivity index (χ3n) is 2.25. The lowest BCUT2D eigenvalue weighted by molar-refractivity contribution is -0.136. The van der Waals surface area contributed by atoms with Crippen molar-refractivity contribution in [3.05, 3.63) is 34.9 Å². The molecule has 0 amide bonds. The van der Waals surface area contributed by atoms with Gasteiger partial charge in [0.1, 0.15) is 0 Å². The van der Waals surface area contributed by atoms with Crippen molar-refractivity contribution in [3.63, 3.8) is 0 Å². The fraction of sp³-hybridized carbons (Fsp3) is 0.154. The first kappa shape index (κ1) is 11.9. The zero-order valence-corrected chi connectivity index (χ0v) is 9.48. The predicted molar refractivity (Wildman–Crippen MR) is 59.7 cm³/mol. The van der Waals surface area contributed by atoms with Crippen molar-refractivity contribution < 1.29 is 23.9 Å². The van der Waals surface area contributed by atoms with E-state index in [1.165, 1.54) is 12.1 Å². The normalized spacial score (nSPS) is 12.3. The molecule has 1 aliphatic heterocycles. The van der Waals surface area contributed by atoms with Crippen LogP contribution in [0.25, 0.3) is 0 Å². The number of benzene rings is 1. The Bertz CT molecular complexity index is 604. The fourth-order valence-corrected chi connectivity index (χ4v) is 1.52. The van der Waals surface area contributed by atoms with Gasteiger partial charge in [-0.15, -0.1) is 0 Å². The molecule has 1 aromatic rings. The van der Waals surface area contributed by atoms with Crippen LogP contribution in [0.5, 0.6) is 0 Å². The number of hydrogen-bond donors (Lipinski definition) is 0. The van der Waals surface area contributed by atoms with Crippen molar-refractivity contribution in [2.24, 2.45) is 0 Å². The summed E-state index contributed by atoms with van der Waals surface area (Å²) in [5, 5.41) is 0. The maximum Gasteiger partial charge on any atom is 0.384 e. The molecule has 0 aromatic heterocycles. The highest BCUT2D eigenvalue weighted by Gasteiger charge is 2.31. The van der Waals surface area contributed by atoms with Gasteiger partial charge in [0.2, 0.25) is 0 Å². The van der Waals surface area contributed by atoms with E-state index in [9.17, 15) is 14.4 Å². The first-order valence-electron chi connectivity index (χ1n) is 5.21. The van der Waals surface area contributed by atoms with Crippen LogP contribution in [0.3, 0.4) is 0 Å². The van der Waals surface area contributed by atoms with E-state index in [-0.39, 0.29) is 23.3 Å². The van der Waals surface area contributed by atoms with Crippen LogP contribution in [0.2, 0.25) is 0 Å². The van der Waals surface area contributed by atoms with Crippen LogP contribution in [-0.4, -0.2) is 24.5 Å². The van der Waals surface area contributed by atoms with Crippen molar-refractivity contribution in [3.8, 4) is 11.8 Å². The van der Waals surface area contributed by atoms with Gasteiger partial charge in [-0.05, 0) is 19.1 Å². The van der Waals surface area contributed by atoms with Gasteiger partial charge in [-0.1, -0.05) is 12.0 Å². The molecular weight excluding hydrogens is 236 g/mol. The monoisotopic (exact) mass is 244 g/mol. The van der Waals surface area contributed by atoms with Crippen LogP contribution in [0.15, 0.2) is 18.2 Å². The Kier molecular flexibility index (Phi) is 3.11. The number of fused-ring (bicyclic) bond motifs is 1. The van der Waals surface area contributed by atoms with Gasteiger partial charge in [0.25, 0.3) is 0 Å². The van der Waals surface area contributed by atoms with Crippen LogP contribution < -0.4 is 0 Å². The van der Waals surface area contributed by atoms with Gasteiger partial charge in [0.05, 0.1) is 17.7 Å². The second-order valence-electron chi connectivity index (χ2n) is 3.38. The molecule has 0 atom stereocenters. The third kappa shape index (κ3) is 2.09. The lowest BCUT2D eigenvalue weighted by atomic mass is 10.0. The molecule has 1 heterocycles. The molecule has 18 heavy (non-hydrogen) atoms. The Morgan fingerprint density at radius 1 is 1.33 bits per heavy atom. The molecule has 0 bridgehead atoms. The van der Waals surface area contributed by atoms with Crippen LogP contribution in [-0.2, 0) is 14.3 Å². The van der Waals surface area contributed by atoms with E-state index in [1.807, 2.05) is 0 Å². The SMILES string of the molecule is CCOC(=O)C#Cc1cccc2c1C(=O)OC2=O. The lowest BCUT2D eigenvalue weighted by Crippen LogP contribution is -2.01. The fourth-order valence-electron chi connectivity index (χ4n) is 1.52. The van der Waals surface area contributed by atoms with Gasteiger partial charge < -0.3 is 9.47 Å². The summed E-state index contributed by atoms with van der Waals surface area (Å²) in [6.07, 6.45) is 0. The zero-order valence-electron chi connectivity index (χ0n) is 9.48. The molecule has 0 saturated carbocycles. The number of ether oxygens (including phenoxy) is 2. The first-order chi connectivity index (χ1) is 8.63. The molecular formula is C13H8O5.